The van der Waals surface area contributed by atoms with Gasteiger partial charge in [0.2, 0.25) is 0 Å². The summed E-state index contributed by atoms with van der Waals surface area (Å²) < 4.78 is 17.2. The highest BCUT2D eigenvalue weighted by Gasteiger charge is 2.41. The Balaban J connectivity index is 2.09. The van der Waals surface area contributed by atoms with Gasteiger partial charge in [0.25, 0.3) is 0 Å². The van der Waals surface area contributed by atoms with Crippen molar-refractivity contribution in [1.82, 2.24) is 0 Å². The van der Waals surface area contributed by atoms with Crippen molar-refractivity contribution in [2.24, 2.45) is 5.73 Å². The molecule has 0 fully saturated rings. The van der Waals surface area contributed by atoms with Crippen LogP contribution in [0, 0.1) is 0 Å². The van der Waals surface area contributed by atoms with Crippen LogP contribution in [0.5, 0.6) is 5.75 Å². The Morgan fingerprint density at radius 1 is 1.50 bits per heavy atom. The SMILES string of the molecule is C[C@@H]1COB2O[C@H](CN)c3cccc(c32)O1. The van der Waals surface area contributed by atoms with E-state index >= 15 is 0 Å². The van der Waals surface area contributed by atoms with Crippen LogP contribution in [0.2, 0.25) is 0 Å². The molecule has 84 valence electrons. The molecule has 1 aromatic carbocycles. The summed E-state index contributed by atoms with van der Waals surface area (Å²) in [5.74, 6) is 0.864. The fraction of sp³-hybridized carbons (Fsp3) is 0.455. The molecule has 0 amide bonds. The Labute approximate surface area is 94.8 Å². The molecule has 16 heavy (non-hydrogen) atoms. The molecule has 2 atom stereocenters. The van der Waals surface area contributed by atoms with Gasteiger partial charge in [-0.1, -0.05) is 12.1 Å². The third-order valence-electron chi connectivity index (χ3n) is 2.99. The van der Waals surface area contributed by atoms with Gasteiger partial charge in [-0.2, -0.15) is 0 Å². The van der Waals surface area contributed by atoms with E-state index in [0.29, 0.717) is 13.2 Å². The highest BCUT2D eigenvalue weighted by molar-refractivity contribution is 6.64. The number of ether oxygens (including phenoxy) is 1. The Morgan fingerprint density at radius 2 is 2.38 bits per heavy atom. The molecule has 0 unspecified atom stereocenters. The fourth-order valence-electron chi connectivity index (χ4n) is 2.27. The van der Waals surface area contributed by atoms with Crippen LogP contribution in [-0.4, -0.2) is 26.4 Å². The van der Waals surface area contributed by atoms with Crippen molar-refractivity contribution < 1.29 is 14.0 Å². The molecule has 2 N–H and O–H groups in total. The third-order valence-corrected chi connectivity index (χ3v) is 2.99. The second kappa shape index (κ2) is 3.77. The maximum atomic E-state index is 5.80. The predicted molar refractivity (Wildman–Crippen MR) is 60.8 cm³/mol. The lowest BCUT2D eigenvalue weighted by Gasteiger charge is -2.15. The van der Waals surface area contributed by atoms with E-state index in [2.05, 4.69) is 0 Å². The van der Waals surface area contributed by atoms with E-state index in [1.165, 1.54) is 0 Å². The Morgan fingerprint density at radius 3 is 3.19 bits per heavy atom. The first-order valence-corrected chi connectivity index (χ1v) is 5.56. The summed E-state index contributed by atoms with van der Waals surface area (Å²) >= 11 is 0. The van der Waals surface area contributed by atoms with Crippen molar-refractivity contribution in [3.8, 4) is 5.75 Å². The van der Waals surface area contributed by atoms with Crippen molar-refractivity contribution in [3.05, 3.63) is 23.8 Å². The van der Waals surface area contributed by atoms with Crippen molar-refractivity contribution in [2.75, 3.05) is 13.2 Å². The van der Waals surface area contributed by atoms with E-state index in [0.717, 1.165) is 16.8 Å². The first kappa shape index (κ1) is 10.1. The molecule has 4 nitrogen and oxygen atoms in total. The first-order valence-electron chi connectivity index (χ1n) is 5.56. The van der Waals surface area contributed by atoms with Gasteiger partial charge in [-0.15, -0.1) is 0 Å². The number of rotatable bonds is 1. The van der Waals surface area contributed by atoms with Crippen LogP contribution in [0.4, 0.5) is 0 Å². The summed E-state index contributed by atoms with van der Waals surface area (Å²) in [5, 5.41) is 0. The lowest BCUT2D eigenvalue weighted by Crippen LogP contribution is -2.31. The lowest BCUT2D eigenvalue weighted by atomic mass is 9.78. The van der Waals surface area contributed by atoms with Gasteiger partial charge in [-0.3, -0.25) is 0 Å². The van der Waals surface area contributed by atoms with Crippen LogP contribution >= 0.6 is 0 Å². The monoisotopic (exact) mass is 219 g/mol. The number of hydrogen-bond acceptors (Lipinski definition) is 4. The Bertz CT molecular complexity index is 412. The normalized spacial score (nSPS) is 27.2. The van der Waals surface area contributed by atoms with E-state index in [9.17, 15) is 0 Å². The second-order valence-electron chi connectivity index (χ2n) is 4.21. The smallest absolute Gasteiger partial charge is 0.489 e. The molecular weight excluding hydrogens is 205 g/mol. The van der Waals surface area contributed by atoms with Gasteiger partial charge in [0.15, 0.2) is 0 Å². The topological polar surface area (TPSA) is 53.7 Å². The van der Waals surface area contributed by atoms with Crippen molar-refractivity contribution >= 4 is 12.6 Å². The molecule has 2 aliphatic rings. The van der Waals surface area contributed by atoms with E-state index in [4.69, 9.17) is 19.8 Å². The van der Waals surface area contributed by atoms with Crippen LogP contribution in [-0.2, 0) is 9.31 Å². The molecule has 2 aliphatic heterocycles. The zero-order valence-corrected chi connectivity index (χ0v) is 9.18. The average molecular weight is 219 g/mol. The molecule has 5 heteroatoms. The predicted octanol–water partition coefficient (Wildman–Crippen LogP) is 0.209. The van der Waals surface area contributed by atoms with Gasteiger partial charge >= 0.3 is 7.12 Å². The van der Waals surface area contributed by atoms with E-state index in [1.54, 1.807) is 0 Å². The largest absolute Gasteiger partial charge is 0.498 e. The Kier molecular flexibility index (Phi) is 2.39. The number of benzene rings is 1. The zero-order valence-electron chi connectivity index (χ0n) is 9.18. The van der Waals surface area contributed by atoms with Crippen LogP contribution in [0.3, 0.4) is 0 Å². The van der Waals surface area contributed by atoms with E-state index < -0.39 is 0 Å². The number of hydrogen-bond donors (Lipinski definition) is 1. The summed E-state index contributed by atoms with van der Waals surface area (Å²) in [5.41, 5.74) is 7.79. The van der Waals surface area contributed by atoms with Crippen molar-refractivity contribution in [1.29, 1.82) is 0 Å². The highest BCUT2D eigenvalue weighted by atomic mass is 16.6. The van der Waals surface area contributed by atoms with Crippen molar-refractivity contribution in [2.45, 2.75) is 19.1 Å². The third kappa shape index (κ3) is 1.43. The molecule has 3 rings (SSSR count). The molecule has 0 spiro atoms. The quantitative estimate of drug-likeness (QED) is 0.686. The standard InChI is InChI=1S/C11H14BNO3/c1-7-6-14-12-11-8(10(5-13)16-12)3-2-4-9(11)15-7/h2-4,7,10H,5-6,13H2,1H3/t7-,10-/m1/s1. The lowest BCUT2D eigenvalue weighted by molar-refractivity contribution is 0.113. The summed E-state index contributed by atoms with van der Waals surface area (Å²) in [7, 11) is -0.315. The van der Waals surface area contributed by atoms with Crippen LogP contribution in [0.1, 0.15) is 18.6 Å². The minimum atomic E-state index is -0.315. The van der Waals surface area contributed by atoms with Gasteiger partial charge in [0.1, 0.15) is 11.9 Å². The van der Waals surface area contributed by atoms with Crippen molar-refractivity contribution in [3.63, 3.8) is 0 Å². The number of nitrogens with two attached hydrogens (primary N) is 1. The van der Waals surface area contributed by atoms with Crippen LogP contribution in [0.15, 0.2) is 18.2 Å². The summed E-state index contributed by atoms with van der Waals surface area (Å²) in [6.07, 6.45) is -0.0195. The minimum absolute atomic E-state index is 0.0528. The molecular formula is C11H14BNO3. The van der Waals surface area contributed by atoms with E-state index in [1.807, 2.05) is 25.1 Å². The van der Waals surface area contributed by atoms with Crippen LogP contribution < -0.4 is 15.9 Å². The fourth-order valence-corrected chi connectivity index (χ4v) is 2.27. The minimum Gasteiger partial charge on any atom is -0.489 e. The average Bonchev–Trinajstić information content (AvgIpc) is 2.57. The second-order valence-corrected chi connectivity index (χ2v) is 4.21. The van der Waals surface area contributed by atoms with Gasteiger partial charge in [-0.05, 0) is 18.6 Å². The van der Waals surface area contributed by atoms with Gasteiger partial charge in [-0.25, -0.2) is 0 Å². The van der Waals surface area contributed by atoms with Crippen LogP contribution in [0.25, 0.3) is 0 Å². The van der Waals surface area contributed by atoms with Gasteiger partial charge in [0.05, 0.1) is 12.7 Å². The highest BCUT2D eigenvalue weighted by Crippen LogP contribution is 2.30. The molecule has 0 radical (unpaired) electrons. The molecule has 0 aliphatic carbocycles. The van der Waals surface area contributed by atoms with E-state index in [-0.39, 0.29) is 19.3 Å². The maximum absolute atomic E-state index is 5.80. The van der Waals surface area contributed by atoms with Gasteiger partial charge in [0, 0.05) is 12.0 Å². The zero-order chi connectivity index (χ0) is 11.1. The van der Waals surface area contributed by atoms with Gasteiger partial charge < -0.3 is 19.8 Å². The molecule has 2 heterocycles. The maximum Gasteiger partial charge on any atom is 0.498 e. The molecule has 0 bridgehead atoms. The molecule has 0 saturated carbocycles. The summed E-state index contributed by atoms with van der Waals surface area (Å²) in [6, 6.07) is 5.96. The summed E-state index contributed by atoms with van der Waals surface area (Å²) in [4.78, 5) is 0. The molecule has 1 aromatic rings. The molecule has 0 saturated heterocycles. The first-order chi connectivity index (χ1) is 7.79. The Hall–Kier alpha value is -1.04. The summed E-state index contributed by atoms with van der Waals surface area (Å²) in [6.45, 7) is 2.99. The molecule has 0 aromatic heterocycles.